The van der Waals surface area contributed by atoms with Gasteiger partial charge in [0.15, 0.2) is 0 Å². The molecule has 2 rings (SSSR count). The molecule has 0 aliphatic rings. The Labute approximate surface area is 164 Å². The fraction of sp³-hybridized carbons (Fsp3) is 0.429. The van der Waals surface area contributed by atoms with Crippen LogP contribution in [0.25, 0.3) is 0 Å². The van der Waals surface area contributed by atoms with E-state index in [1.807, 2.05) is 43.3 Å². The van der Waals surface area contributed by atoms with Crippen LogP contribution in [0.5, 0.6) is 0 Å². The summed E-state index contributed by atoms with van der Waals surface area (Å²) in [5.41, 5.74) is 0. The molecule has 0 aromatic heterocycles. The topological polar surface area (TPSA) is 63.6 Å². The standard InChI is InChI=1S/C21H30O4SSi/c1-18(17-26(22,23)24)15-16-25-27(21(2,3)4,19-11-7-5-8-12-19)20-13-9-6-10-14-20/h5-14,18H,15-17H2,1-4H3,(H,22,23,24)/t18-/m0/s1. The first-order valence-electron chi connectivity index (χ1n) is 9.26. The van der Waals surface area contributed by atoms with Crippen molar-refractivity contribution in [2.24, 2.45) is 5.92 Å². The third kappa shape index (κ3) is 5.51. The van der Waals surface area contributed by atoms with Gasteiger partial charge in [0, 0.05) is 6.61 Å². The zero-order chi connectivity index (χ0) is 20.1. The number of benzene rings is 2. The summed E-state index contributed by atoms with van der Waals surface area (Å²) in [6, 6.07) is 20.7. The first kappa shape index (κ1) is 21.8. The van der Waals surface area contributed by atoms with Gasteiger partial charge in [-0.15, -0.1) is 0 Å². The van der Waals surface area contributed by atoms with Crippen LogP contribution in [0.1, 0.15) is 34.1 Å². The third-order valence-electron chi connectivity index (χ3n) is 4.84. The average Bonchev–Trinajstić information content (AvgIpc) is 2.57. The maximum atomic E-state index is 11.1. The Morgan fingerprint density at radius 1 is 0.963 bits per heavy atom. The second-order valence-corrected chi connectivity index (χ2v) is 14.0. The summed E-state index contributed by atoms with van der Waals surface area (Å²) in [7, 11) is -6.55. The molecular weight excluding hydrogens is 376 g/mol. The van der Waals surface area contributed by atoms with E-state index in [1.54, 1.807) is 0 Å². The number of hydrogen-bond acceptors (Lipinski definition) is 3. The van der Waals surface area contributed by atoms with Gasteiger partial charge in [0.2, 0.25) is 0 Å². The molecule has 6 heteroatoms. The summed E-state index contributed by atoms with van der Waals surface area (Å²) in [5.74, 6) is -0.407. The molecule has 0 aliphatic heterocycles. The van der Waals surface area contributed by atoms with Gasteiger partial charge < -0.3 is 4.43 Å². The molecule has 0 radical (unpaired) electrons. The average molecular weight is 407 g/mol. The molecule has 2 aromatic carbocycles. The van der Waals surface area contributed by atoms with Gasteiger partial charge in [-0.05, 0) is 27.8 Å². The van der Waals surface area contributed by atoms with Crippen molar-refractivity contribution in [3.05, 3.63) is 60.7 Å². The molecule has 0 saturated carbocycles. The lowest BCUT2D eigenvalue weighted by atomic mass is 10.1. The smallest absolute Gasteiger partial charge is 0.265 e. The van der Waals surface area contributed by atoms with Crippen LogP contribution in [0.2, 0.25) is 5.04 Å². The molecule has 0 aliphatic carbocycles. The van der Waals surface area contributed by atoms with Crippen molar-refractivity contribution >= 4 is 28.8 Å². The molecule has 2 aromatic rings. The number of hydrogen-bond donors (Lipinski definition) is 1. The predicted molar refractivity (Wildman–Crippen MR) is 114 cm³/mol. The van der Waals surface area contributed by atoms with E-state index in [2.05, 4.69) is 45.0 Å². The van der Waals surface area contributed by atoms with Crippen molar-refractivity contribution in [3.8, 4) is 0 Å². The largest absolute Gasteiger partial charge is 0.407 e. The van der Waals surface area contributed by atoms with E-state index in [1.165, 1.54) is 10.4 Å². The van der Waals surface area contributed by atoms with Crippen LogP contribution in [0.3, 0.4) is 0 Å². The van der Waals surface area contributed by atoms with E-state index in [0.29, 0.717) is 13.0 Å². The van der Waals surface area contributed by atoms with E-state index < -0.39 is 18.4 Å². The molecule has 148 valence electrons. The highest BCUT2D eigenvalue weighted by Gasteiger charge is 2.50. The molecule has 0 bridgehead atoms. The molecule has 27 heavy (non-hydrogen) atoms. The van der Waals surface area contributed by atoms with Gasteiger partial charge in [0.05, 0.1) is 5.75 Å². The summed E-state index contributed by atoms with van der Waals surface area (Å²) in [5, 5.41) is 2.29. The van der Waals surface area contributed by atoms with E-state index in [4.69, 9.17) is 8.98 Å². The van der Waals surface area contributed by atoms with Crippen LogP contribution in [-0.4, -0.2) is 33.6 Å². The molecule has 1 atom stereocenters. The van der Waals surface area contributed by atoms with Crippen molar-refractivity contribution in [2.45, 2.75) is 39.2 Å². The second-order valence-electron chi connectivity index (χ2n) is 8.15. The van der Waals surface area contributed by atoms with Crippen molar-refractivity contribution < 1.29 is 17.4 Å². The predicted octanol–water partition coefficient (Wildman–Crippen LogP) is 3.48. The van der Waals surface area contributed by atoms with Crippen LogP contribution in [0, 0.1) is 5.92 Å². The Morgan fingerprint density at radius 2 is 1.41 bits per heavy atom. The first-order chi connectivity index (χ1) is 12.6. The van der Waals surface area contributed by atoms with Crippen molar-refractivity contribution in [1.82, 2.24) is 0 Å². The zero-order valence-electron chi connectivity index (χ0n) is 16.6. The quantitative estimate of drug-likeness (QED) is 0.538. The van der Waals surface area contributed by atoms with Gasteiger partial charge in [-0.2, -0.15) is 8.42 Å². The zero-order valence-corrected chi connectivity index (χ0v) is 18.4. The Bertz CT molecular complexity index is 775. The lowest BCUT2D eigenvalue weighted by Gasteiger charge is -2.43. The molecule has 4 nitrogen and oxygen atoms in total. The molecule has 0 fully saturated rings. The molecule has 0 heterocycles. The van der Waals surface area contributed by atoms with Crippen molar-refractivity contribution in [3.63, 3.8) is 0 Å². The Kier molecular flexibility index (Phi) is 7.02. The minimum absolute atomic E-state index is 0.109. The van der Waals surface area contributed by atoms with Gasteiger partial charge in [-0.25, -0.2) is 0 Å². The van der Waals surface area contributed by atoms with E-state index in [-0.39, 0.29) is 16.7 Å². The summed E-state index contributed by atoms with van der Waals surface area (Å²) >= 11 is 0. The maximum Gasteiger partial charge on any atom is 0.265 e. The second kappa shape index (κ2) is 8.69. The molecule has 0 amide bonds. The molecule has 0 unspecified atom stereocenters. The fourth-order valence-corrected chi connectivity index (χ4v) is 9.08. The van der Waals surface area contributed by atoms with Gasteiger partial charge in [0.25, 0.3) is 18.4 Å². The molecular formula is C21H30O4SSi. The van der Waals surface area contributed by atoms with E-state index in [9.17, 15) is 8.42 Å². The highest BCUT2D eigenvalue weighted by atomic mass is 32.2. The van der Waals surface area contributed by atoms with E-state index in [0.717, 1.165) is 0 Å². The fourth-order valence-electron chi connectivity index (χ4n) is 3.62. The minimum Gasteiger partial charge on any atom is -0.407 e. The monoisotopic (exact) mass is 406 g/mol. The highest BCUT2D eigenvalue weighted by Crippen LogP contribution is 2.36. The lowest BCUT2D eigenvalue weighted by Crippen LogP contribution is -2.66. The summed E-state index contributed by atoms with van der Waals surface area (Å²) < 4.78 is 38.0. The van der Waals surface area contributed by atoms with E-state index >= 15 is 0 Å². The van der Waals surface area contributed by atoms with Crippen LogP contribution < -0.4 is 10.4 Å². The molecule has 1 N–H and O–H groups in total. The highest BCUT2D eigenvalue weighted by molar-refractivity contribution is 7.85. The lowest BCUT2D eigenvalue weighted by molar-refractivity contribution is 0.272. The van der Waals surface area contributed by atoms with Crippen LogP contribution in [0.15, 0.2) is 60.7 Å². The van der Waals surface area contributed by atoms with Gasteiger partial charge in [0.1, 0.15) is 0 Å². The van der Waals surface area contributed by atoms with Crippen LogP contribution in [-0.2, 0) is 14.5 Å². The maximum absolute atomic E-state index is 11.1. The first-order valence-corrected chi connectivity index (χ1v) is 12.8. The molecule has 0 spiro atoms. The number of rotatable bonds is 8. The van der Waals surface area contributed by atoms with Gasteiger partial charge >= 0.3 is 0 Å². The third-order valence-corrected chi connectivity index (χ3v) is 10.9. The van der Waals surface area contributed by atoms with Crippen molar-refractivity contribution in [1.29, 1.82) is 0 Å². The minimum atomic E-state index is -3.97. The van der Waals surface area contributed by atoms with Crippen LogP contribution >= 0.6 is 0 Å². The van der Waals surface area contributed by atoms with Crippen LogP contribution in [0.4, 0.5) is 0 Å². The summed E-state index contributed by atoms with van der Waals surface area (Å²) in [6.07, 6.45) is 0.574. The Morgan fingerprint density at radius 3 is 1.78 bits per heavy atom. The summed E-state index contributed by atoms with van der Waals surface area (Å²) in [4.78, 5) is 0. The van der Waals surface area contributed by atoms with Crippen molar-refractivity contribution in [2.75, 3.05) is 12.4 Å². The normalized spacial score (nSPS) is 14.1. The van der Waals surface area contributed by atoms with Gasteiger partial charge in [-0.3, -0.25) is 4.55 Å². The summed E-state index contributed by atoms with van der Waals surface area (Å²) in [6.45, 7) is 8.90. The van der Waals surface area contributed by atoms with Gasteiger partial charge in [-0.1, -0.05) is 88.4 Å². The molecule has 0 saturated heterocycles. The Balaban J connectivity index is 2.38. The SMILES string of the molecule is C[C@@H](CCO[Si](c1ccccc1)(c1ccccc1)C(C)(C)C)CS(=O)(=O)O. The Hall–Kier alpha value is -1.47.